The Morgan fingerprint density at radius 1 is 1.21 bits per heavy atom. The molecule has 0 aliphatic carbocycles. The predicted octanol–water partition coefficient (Wildman–Crippen LogP) is 3.94. The van der Waals surface area contributed by atoms with E-state index in [1.165, 1.54) is 32.3 Å². The van der Waals surface area contributed by atoms with E-state index >= 15 is 0 Å². The summed E-state index contributed by atoms with van der Waals surface area (Å²) in [6, 6.07) is 6.66. The van der Waals surface area contributed by atoms with E-state index in [-0.39, 0.29) is 6.04 Å². The van der Waals surface area contributed by atoms with Gasteiger partial charge in [-0.15, -0.1) is 11.3 Å². The van der Waals surface area contributed by atoms with E-state index in [2.05, 4.69) is 51.2 Å². The summed E-state index contributed by atoms with van der Waals surface area (Å²) in [5, 5.41) is 4.60. The largest absolute Gasteiger partial charge is 0.307 e. The van der Waals surface area contributed by atoms with Gasteiger partial charge in [0, 0.05) is 4.88 Å². The van der Waals surface area contributed by atoms with Crippen LogP contribution in [0.15, 0.2) is 18.2 Å². The minimum Gasteiger partial charge on any atom is -0.307 e. The maximum atomic E-state index is 4.81. The number of hydrogen-bond acceptors (Lipinski definition) is 3. The molecule has 0 aliphatic heterocycles. The summed E-state index contributed by atoms with van der Waals surface area (Å²) in [4.78, 5) is 6.15. The zero-order chi connectivity index (χ0) is 14.0. The van der Waals surface area contributed by atoms with Gasteiger partial charge in [0.25, 0.3) is 0 Å². The number of aryl methyl sites for hydroxylation is 4. The Morgan fingerprint density at radius 2 is 1.84 bits per heavy atom. The van der Waals surface area contributed by atoms with E-state index < -0.39 is 0 Å². The number of nitrogens with one attached hydrogen (secondary N) is 1. The maximum absolute atomic E-state index is 4.81. The van der Waals surface area contributed by atoms with Crippen LogP contribution < -0.4 is 5.32 Å². The van der Waals surface area contributed by atoms with Gasteiger partial charge < -0.3 is 5.32 Å². The van der Waals surface area contributed by atoms with E-state index in [0.717, 1.165) is 6.42 Å². The average Bonchev–Trinajstić information content (AvgIpc) is 2.75. The standard InChI is InChI=1S/C16H22N2S/c1-6-13-12(4)19-16(18-13)15(17-5)14-10(2)8-7-9-11(14)3/h7-9,15,17H,6H2,1-5H3. The molecule has 19 heavy (non-hydrogen) atoms. The van der Waals surface area contributed by atoms with Gasteiger partial charge in [0.1, 0.15) is 5.01 Å². The van der Waals surface area contributed by atoms with Crippen LogP contribution >= 0.6 is 11.3 Å². The molecule has 2 rings (SSSR count). The third-order valence-corrected chi connectivity index (χ3v) is 4.69. The summed E-state index contributed by atoms with van der Waals surface area (Å²) in [5.74, 6) is 0. The quantitative estimate of drug-likeness (QED) is 0.913. The lowest BCUT2D eigenvalue weighted by Crippen LogP contribution is -2.19. The molecule has 1 aromatic carbocycles. The van der Waals surface area contributed by atoms with Crippen molar-refractivity contribution in [2.24, 2.45) is 0 Å². The molecule has 1 atom stereocenters. The third kappa shape index (κ3) is 2.72. The van der Waals surface area contributed by atoms with Gasteiger partial charge in [-0.25, -0.2) is 4.98 Å². The molecule has 0 bridgehead atoms. The second-order valence-electron chi connectivity index (χ2n) is 4.94. The lowest BCUT2D eigenvalue weighted by molar-refractivity contribution is 0.675. The van der Waals surface area contributed by atoms with Crippen molar-refractivity contribution in [1.29, 1.82) is 0 Å². The summed E-state index contributed by atoms with van der Waals surface area (Å²) in [6.07, 6.45) is 1.01. The van der Waals surface area contributed by atoms with Gasteiger partial charge in [0.05, 0.1) is 11.7 Å². The summed E-state index contributed by atoms with van der Waals surface area (Å²) in [5.41, 5.74) is 5.24. The first kappa shape index (κ1) is 14.2. The summed E-state index contributed by atoms with van der Waals surface area (Å²) in [6.45, 7) is 8.68. The minimum absolute atomic E-state index is 0.199. The topological polar surface area (TPSA) is 24.9 Å². The van der Waals surface area contributed by atoms with Crippen LogP contribution in [0.3, 0.4) is 0 Å². The normalized spacial score (nSPS) is 12.7. The molecule has 0 aliphatic rings. The molecule has 1 aromatic heterocycles. The second kappa shape index (κ2) is 5.85. The van der Waals surface area contributed by atoms with Crippen LogP contribution in [0.2, 0.25) is 0 Å². The van der Waals surface area contributed by atoms with Crippen LogP contribution in [-0.4, -0.2) is 12.0 Å². The Bertz CT molecular complexity index is 552. The Balaban J connectivity index is 2.50. The molecule has 0 saturated carbocycles. The summed E-state index contributed by atoms with van der Waals surface area (Å²) in [7, 11) is 2.01. The molecule has 1 heterocycles. The van der Waals surface area contributed by atoms with E-state index in [1.807, 2.05) is 18.4 Å². The number of rotatable bonds is 4. The van der Waals surface area contributed by atoms with Crippen LogP contribution in [-0.2, 0) is 6.42 Å². The highest BCUT2D eigenvalue weighted by atomic mass is 32.1. The number of nitrogens with zero attached hydrogens (tertiary/aromatic N) is 1. The Morgan fingerprint density at radius 3 is 2.32 bits per heavy atom. The Kier molecular flexibility index (Phi) is 4.38. The molecule has 1 unspecified atom stereocenters. The molecular formula is C16H22N2S. The molecule has 0 saturated heterocycles. The van der Waals surface area contributed by atoms with E-state index in [1.54, 1.807) is 0 Å². The SMILES string of the molecule is CCc1nc(C(NC)c2c(C)cccc2C)sc1C. The zero-order valence-corrected chi connectivity index (χ0v) is 13.2. The van der Waals surface area contributed by atoms with Crippen molar-refractivity contribution in [3.05, 3.63) is 50.5 Å². The number of thiazole rings is 1. The molecule has 0 amide bonds. The molecule has 0 radical (unpaired) electrons. The third-order valence-electron chi connectivity index (χ3n) is 3.61. The molecule has 3 heteroatoms. The zero-order valence-electron chi connectivity index (χ0n) is 12.4. The van der Waals surface area contributed by atoms with Crippen LogP contribution in [0.1, 0.15) is 45.2 Å². The number of benzene rings is 1. The smallest absolute Gasteiger partial charge is 0.115 e. The van der Waals surface area contributed by atoms with Gasteiger partial charge in [-0.1, -0.05) is 25.1 Å². The molecule has 1 N–H and O–H groups in total. The van der Waals surface area contributed by atoms with E-state index in [0.29, 0.717) is 0 Å². The van der Waals surface area contributed by atoms with Crippen LogP contribution in [0.5, 0.6) is 0 Å². The lowest BCUT2D eigenvalue weighted by atomic mass is 9.96. The lowest BCUT2D eigenvalue weighted by Gasteiger charge is -2.19. The first-order chi connectivity index (χ1) is 9.08. The molecule has 102 valence electrons. The van der Waals surface area contributed by atoms with Gasteiger partial charge in [-0.05, 0) is 50.9 Å². The molecule has 2 aromatic rings. The van der Waals surface area contributed by atoms with Gasteiger partial charge in [-0.3, -0.25) is 0 Å². The van der Waals surface area contributed by atoms with E-state index in [4.69, 9.17) is 4.98 Å². The highest BCUT2D eigenvalue weighted by molar-refractivity contribution is 7.11. The first-order valence-electron chi connectivity index (χ1n) is 6.78. The Labute approximate surface area is 119 Å². The molecule has 0 fully saturated rings. The van der Waals surface area contributed by atoms with E-state index in [9.17, 15) is 0 Å². The molecule has 2 nitrogen and oxygen atoms in total. The summed E-state index contributed by atoms with van der Waals surface area (Å²) < 4.78 is 0. The highest BCUT2D eigenvalue weighted by Gasteiger charge is 2.20. The van der Waals surface area contributed by atoms with Crippen molar-refractivity contribution < 1.29 is 0 Å². The fourth-order valence-corrected chi connectivity index (χ4v) is 3.71. The summed E-state index contributed by atoms with van der Waals surface area (Å²) >= 11 is 1.81. The molecular weight excluding hydrogens is 252 g/mol. The predicted molar refractivity (Wildman–Crippen MR) is 83.0 cm³/mol. The Hall–Kier alpha value is -1.19. The van der Waals surface area contributed by atoms with Gasteiger partial charge >= 0.3 is 0 Å². The van der Waals surface area contributed by atoms with Crippen LogP contribution in [0, 0.1) is 20.8 Å². The maximum Gasteiger partial charge on any atom is 0.115 e. The second-order valence-corrected chi connectivity index (χ2v) is 6.17. The van der Waals surface area contributed by atoms with Crippen molar-refractivity contribution in [2.75, 3.05) is 7.05 Å². The average molecular weight is 274 g/mol. The van der Waals surface area contributed by atoms with Crippen molar-refractivity contribution >= 4 is 11.3 Å². The fraction of sp³-hybridized carbons (Fsp3) is 0.438. The van der Waals surface area contributed by atoms with Gasteiger partial charge in [0.15, 0.2) is 0 Å². The monoisotopic (exact) mass is 274 g/mol. The van der Waals surface area contributed by atoms with Crippen molar-refractivity contribution in [1.82, 2.24) is 10.3 Å². The van der Waals surface area contributed by atoms with Gasteiger partial charge in [0.2, 0.25) is 0 Å². The van der Waals surface area contributed by atoms with Crippen LogP contribution in [0.25, 0.3) is 0 Å². The number of aromatic nitrogens is 1. The number of hydrogen-bond donors (Lipinski definition) is 1. The first-order valence-corrected chi connectivity index (χ1v) is 7.59. The van der Waals surface area contributed by atoms with Crippen LogP contribution in [0.4, 0.5) is 0 Å². The van der Waals surface area contributed by atoms with Crippen molar-refractivity contribution in [3.63, 3.8) is 0 Å². The van der Waals surface area contributed by atoms with Crippen molar-refractivity contribution in [2.45, 2.75) is 40.2 Å². The minimum atomic E-state index is 0.199. The highest BCUT2D eigenvalue weighted by Crippen LogP contribution is 2.31. The fourth-order valence-electron chi connectivity index (χ4n) is 2.58. The van der Waals surface area contributed by atoms with Gasteiger partial charge in [-0.2, -0.15) is 0 Å². The van der Waals surface area contributed by atoms with Crippen molar-refractivity contribution in [3.8, 4) is 0 Å². The molecule has 0 spiro atoms.